The lowest BCUT2D eigenvalue weighted by atomic mass is 10.1. The molecule has 2 rings (SSSR count). The van der Waals surface area contributed by atoms with Gasteiger partial charge >= 0.3 is 0 Å². The third-order valence-electron chi connectivity index (χ3n) is 3.06. The first-order valence-corrected chi connectivity index (χ1v) is 6.88. The summed E-state index contributed by atoms with van der Waals surface area (Å²) < 4.78 is 6.61. The van der Waals surface area contributed by atoms with Crippen LogP contribution < -0.4 is 15.8 Å². The van der Waals surface area contributed by atoms with E-state index in [0.29, 0.717) is 19.6 Å². The molecule has 1 aliphatic rings. The molecule has 3 N–H and O–H groups in total. The van der Waals surface area contributed by atoms with Gasteiger partial charge in [-0.25, -0.2) is 0 Å². The Morgan fingerprint density at radius 2 is 2.39 bits per heavy atom. The molecule has 1 aromatic rings. The van der Waals surface area contributed by atoms with E-state index in [0.717, 1.165) is 22.2 Å². The number of fused-ring (bicyclic) bond motifs is 1. The molecule has 0 radical (unpaired) electrons. The highest BCUT2D eigenvalue weighted by atomic mass is 79.9. The van der Waals surface area contributed by atoms with Crippen LogP contribution in [0.1, 0.15) is 24.5 Å². The number of carbonyl (C=O) groups is 1. The van der Waals surface area contributed by atoms with Crippen molar-refractivity contribution in [3.63, 3.8) is 0 Å². The van der Waals surface area contributed by atoms with Gasteiger partial charge in [0, 0.05) is 23.0 Å². The minimum absolute atomic E-state index is 0.121. The molecule has 1 aliphatic heterocycles. The van der Waals surface area contributed by atoms with Gasteiger partial charge in [-0.3, -0.25) is 4.79 Å². The van der Waals surface area contributed by atoms with Crippen molar-refractivity contribution >= 4 is 21.8 Å². The lowest BCUT2D eigenvalue weighted by Gasteiger charge is -2.12. The molecule has 0 saturated heterocycles. The molecule has 0 saturated carbocycles. The van der Waals surface area contributed by atoms with Crippen molar-refractivity contribution in [1.29, 1.82) is 0 Å². The van der Waals surface area contributed by atoms with Gasteiger partial charge in [0.15, 0.2) is 0 Å². The van der Waals surface area contributed by atoms with Gasteiger partial charge in [0.25, 0.3) is 0 Å². The fraction of sp³-hybridized carbons (Fsp3) is 0.462. The maximum absolute atomic E-state index is 11.6. The fourth-order valence-electron chi connectivity index (χ4n) is 1.98. The summed E-state index contributed by atoms with van der Waals surface area (Å²) in [6.07, 6.45) is 1.56. The smallest absolute Gasteiger partial charge is 0.237 e. The van der Waals surface area contributed by atoms with E-state index in [1.165, 1.54) is 5.56 Å². The maximum Gasteiger partial charge on any atom is 0.237 e. The molecule has 1 aromatic carbocycles. The van der Waals surface area contributed by atoms with Crippen molar-refractivity contribution in [3.05, 3.63) is 27.7 Å². The molecule has 0 aromatic heterocycles. The van der Waals surface area contributed by atoms with E-state index < -0.39 is 6.04 Å². The number of rotatable bonds is 4. The van der Waals surface area contributed by atoms with Crippen molar-refractivity contribution in [2.45, 2.75) is 32.4 Å². The normalized spacial score (nSPS) is 14.8. The largest absolute Gasteiger partial charge is 0.493 e. The first-order chi connectivity index (χ1) is 8.61. The third kappa shape index (κ3) is 2.84. The van der Waals surface area contributed by atoms with Crippen molar-refractivity contribution in [1.82, 2.24) is 5.32 Å². The van der Waals surface area contributed by atoms with Gasteiger partial charge in [0.05, 0.1) is 12.6 Å². The van der Waals surface area contributed by atoms with Crippen molar-refractivity contribution < 1.29 is 9.53 Å². The van der Waals surface area contributed by atoms with Crippen LogP contribution in [0.3, 0.4) is 0 Å². The summed E-state index contributed by atoms with van der Waals surface area (Å²) >= 11 is 3.47. The number of halogens is 1. The van der Waals surface area contributed by atoms with Crippen LogP contribution in [0.4, 0.5) is 0 Å². The van der Waals surface area contributed by atoms with E-state index in [2.05, 4.69) is 27.3 Å². The standard InChI is InChI=1S/C13H17BrN2O2/c1-2-11(15)13(17)16-7-9-6-10(14)5-8-3-4-18-12(8)9/h5-6,11H,2-4,7,15H2,1H3,(H,16,17)/t11-/m0/s1. The van der Waals surface area contributed by atoms with Crippen LogP contribution in [0, 0.1) is 0 Å². The second kappa shape index (κ2) is 5.71. The molecule has 98 valence electrons. The maximum atomic E-state index is 11.6. The second-order valence-corrected chi connectivity index (χ2v) is 5.30. The summed E-state index contributed by atoms with van der Waals surface area (Å²) in [5, 5.41) is 2.84. The van der Waals surface area contributed by atoms with E-state index in [4.69, 9.17) is 10.5 Å². The van der Waals surface area contributed by atoms with E-state index >= 15 is 0 Å². The summed E-state index contributed by atoms with van der Waals surface area (Å²) in [5.74, 6) is 0.785. The van der Waals surface area contributed by atoms with Crippen LogP contribution in [-0.2, 0) is 17.8 Å². The third-order valence-corrected chi connectivity index (χ3v) is 3.51. The predicted molar refractivity (Wildman–Crippen MR) is 73.5 cm³/mol. The van der Waals surface area contributed by atoms with Crippen LogP contribution in [0.2, 0.25) is 0 Å². The molecule has 1 heterocycles. The monoisotopic (exact) mass is 312 g/mol. The van der Waals surface area contributed by atoms with Crippen LogP contribution in [0.5, 0.6) is 5.75 Å². The summed E-state index contributed by atoms with van der Waals surface area (Å²) in [7, 11) is 0. The Morgan fingerprint density at radius 3 is 3.11 bits per heavy atom. The zero-order valence-corrected chi connectivity index (χ0v) is 11.9. The Morgan fingerprint density at radius 1 is 1.61 bits per heavy atom. The first kappa shape index (κ1) is 13.4. The number of carbonyl (C=O) groups excluding carboxylic acids is 1. The van der Waals surface area contributed by atoms with Crippen molar-refractivity contribution in [3.8, 4) is 5.75 Å². The molecule has 5 heteroatoms. The van der Waals surface area contributed by atoms with Crippen molar-refractivity contribution in [2.75, 3.05) is 6.61 Å². The highest BCUT2D eigenvalue weighted by Gasteiger charge is 2.18. The van der Waals surface area contributed by atoms with Gasteiger partial charge in [-0.05, 0) is 24.1 Å². The Balaban J connectivity index is 2.08. The molecular weight excluding hydrogens is 296 g/mol. The molecule has 0 aliphatic carbocycles. The van der Waals surface area contributed by atoms with Gasteiger partial charge in [-0.2, -0.15) is 0 Å². The fourth-order valence-corrected chi connectivity index (χ4v) is 2.53. The molecule has 0 spiro atoms. The molecule has 1 atom stereocenters. The molecule has 18 heavy (non-hydrogen) atoms. The SMILES string of the molecule is CC[C@H](N)C(=O)NCc1cc(Br)cc2c1OCC2. The topological polar surface area (TPSA) is 64.4 Å². The predicted octanol–water partition coefficient (Wildman–Crippen LogP) is 1.74. The number of nitrogens with one attached hydrogen (secondary N) is 1. The Hall–Kier alpha value is -1.07. The minimum atomic E-state index is -0.439. The average molecular weight is 313 g/mol. The summed E-state index contributed by atoms with van der Waals surface area (Å²) in [6.45, 7) is 3.06. The van der Waals surface area contributed by atoms with Gasteiger partial charge < -0.3 is 15.8 Å². The van der Waals surface area contributed by atoms with Gasteiger partial charge in [0.2, 0.25) is 5.91 Å². The summed E-state index contributed by atoms with van der Waals surface area (Å²) in [6, 6.07) is 3.60. The number of amides is 1. The Bertz CT molecular complexity index is 463. The summed E-state index contributed by atoms with van der Waals surface area (Å²) in [4.78, 5) is 11.6. The second-order valence-electron chi connectivity index (χ2n) is 4.38. The van der Waals surface area contributed by atoms with E-state index in [1.807, 2.05) is 13.0 Å². The average Bonchev–Trinajstić information content (AvgIpc) is 2.82. The number of hydrogen-bond acceptors (Lipinski definition) is 3. The van der Waals surface area contributed by atoms with Gasteiger partial charge in [0.1, 0.15) is 5.75 Å². The number of hydrogen-bond donors (Lipinski definition) is 2. The molecule has 1 amide bonds. The summed E-state index contributed by atoms with van der Waals surface area (Å²) in [5.41, 5.74) is 7.85. The highest BCUT2D eigenvalue weighted by molar-refractivity contribution is 9.10. The van der Waals surface area contributed by atoms with E-state index in [-0.39, 0.29) is 5.91 Å². The first-order valence-electron chi connectivity index (χ1n) is 6.09. The van der Waals surface area contributed by atoms with E-state index in [9.17, 15) is 4.79 Å². The van der Waals surface area contributed by atoms with Crippen molar-refractivity contribution in [2.24, 2.45) is 5.73 Å². The van der Waals surface area contributed by atoms with E-state index in [1.54, 1.807) is 0 Å². The molecule has 0 fully saturated rings. The molecule has 4 nitrogen and oxygen atoms in total. The van der Waals surface area contributed by atoms with Gasteiger partial charge in [-0.1, -0.05) is 22.9 Å². The zero-order chi connectivity index (χ0) is 13.1. The van der Waals surface area contributed by atoms with Crippen LogP contribution in [-0.4, -0.2) is 18.6 Å². The van der Waals surface area contributed by atoms with Crippen LogP contribution >= 0.6 is 15.9 Å². The van der Waals surface area contributed by atoms with Crippen LogP contribution in [0.25, 0.3) is 0 Å². The number of ether oxygens (including phenoxy) is 1. The zero-order valence-electron chi connectivity index (χ0n) is 10.3. The minimum Gasteiger partial charge on any atom is -0.493 e. The quantitative estimate of drug-likeness (QED) is 0.890. The number of benzene rings is 1. The lowest BCUT2D eigenvalue weighted by Crippen LogP contribution is -2.39. The number of nitrogens with two attached hydrogens (primary N) is 1. The molecule has 0 unspecified atom stereocenters. The Labute approximate surface area is 115 Å². The van der Waals surface area contributed by atoms with Crippen LogP contribution in [0.15, 0.2) is 16.6 Å². The Kier molecular flexibility index (Phi) is 4.24. The molecular formula is C13H17BrN2O2. The van der Waals surface area contributed by atoms with Gasteiger partial charge in [-0.15, -0.1) is 0 Å². The lowest BCUT2D eigenvalue weighted by molar-refractivity contribution is -0.122. The highest BCUT2D eigenvalue weighted by Crippen LogP contribution is 2.32. The molecule has 0 bridgehead atoms.